The SMILES string of the molecule is CCCC(O)CNC(=O)CCC(C)OC. The number of aliphatic hydroxyl groups excluding tert-OH is 1. The molecular formula is C11H23NO3. The van der Waals surface area contributed by atoms with E-state index in [0.29, 0.717) is 19.4 Å². The van der Waals surface area contributed by atoms with Gasteiger partial charge >= 0.3 is 0 Å². The smallest absolute Gasteiger partial charge is 0.220 e. The van der Waals surface area contributed by atoms with Crippen molar-refractivity contribution in [1.29, 1.82) is 0 Å². The van der Waals surface area contributed by atoms with E-state index in [0.717, 1.165) is 12.8 Å². The number of carbonyl (C=O) groups is 1. The van der Waals surface area contributed by atoms with E-state index in [1.807, 2.05) is 13.8 Å². The van der Waals surface area contributed by atoms with Gasteiger partial charge in [0, 0.05) is 20.1 Å². The molecule has 0 bridgehead atoms. The Morgan fingerprint density at radius 1 is 1.47 bits per heavy atom. The molecule has 4 nitrogen and oxygen atoms in total. The van der Waals surface area contributed by atoms with Gasteiger partial charge in [0.1, 0.15) is 0 Å². The lowest BCUT2D eigenvalue weighted by Gasteiger charge is -2.12. The van der Waals surface area contributed by atoms with Gasteiger partial charge in [0.15, 0.2) is 0 Å². The Labute approximate surface area is 92.0 Å². The van der Waals surface area contributed by atoms with Crippen molar-refractivity contribution in [2.75, 3.05) is 13.7 Å². The molecule has 0 fully saturated rings. The van der Waals surface area contributed by atoms with Crippen LogP contribution in [0.15, 0.2) is 0 Å². The molecule has 0 rings (SSSR count). The van der Waals surface area contributed by atoms with Crippen LogP contribution in [0, 0.1) is 0 Å². The summed E-state index contributed by atoms with van der Waals surface area (Å²) in [7, 11) is 1.63. The summed E-state index contributed by atoms with van der Waals surface area (Å²) in [6, 6.07) is 0. The summed E-state index contributed by atoms with van der Waals surface area (Å²) in [5.41, 5.74) is 0. The minimum absolute atomic E-state index is 0.0194. The maximum atomic E-state index is 11.3. The fourth-order valence-corrected chi connectivity index (χ4v) is 1.21. The number of nitrogens with one attached hydrogen (secondary N) is 1. The van der Waals surface area contributed by atoms with Gasteiger partial charge in [-0.1, -0.05) is 13.3 Å². The number of rotatable bonds is 8. The van der Waals surface area contributed by atoms with E-state index >= 15 is 0 Å². The second-order valence-electron chi connectivity index (χ2n) is 3.83. The second kappa shape index (κ2) is 8.68. The first-order valence-electron chi connectivity index (χ1n) is 5.57. The van der Waals surface area contributed by atoms with Crippen molar-refractivity contribution in [1.82, 2.24) is 5.32 Å². The van der Waals surface area contributed by atoms with Gasteiger partial charge in [-0.2, -0.15) is 0 Å². The lowest BCUT2D eigenvalue weighted by Crippen LogP contribution is -2.32. The van der Waals surface area contributed by atoms with E-state index in [2.05, 4.69) is 5.32 Å². The van der Waals surface area contributed by atoms with Crippen LogP contribution in [-0.4, -0.2) is 36.9 Å². The van der Waals surface area contributed by atoms with Gasteiger partial charge in [-0.25, -0.2) is 0 Å². The number of amides is 1. The van der Waals surface area contributed by atoms with E-state index in [1.165, 1.54) is 0 Å². The molecule has 0 aromatic rings. The van der Waals surface area contributed by atoms with Crippen LogP contribution in [0.3, 0.4) is 0 Å². The zero-order valence-electron chi connectivity index (χ0n) is 9.95. The number of carbonyl (C=O) groups excluding carboxylic acids is 1. The predicted molar refractivity (Wildman–Crippen MR) is 59.6 cm³/mol. The highest BCUT2D eigenvalue weighted by Crippen LogP contribution is 2.00. The third-order valence-corrected chi connectivity index (χ3v) is 2.34. The average Bonchev–Trinajstić information content (AvgIpc) is 2.23. The second-order valence-corrected chi connectivity index (χ2v) is 3.83. The Morgan fingerprint density at radius 2 is 2.13 bits per heavy atom. The van der Waals surface area contributed by atoms with Crippen molar-refractivity contribution in [2.45, 2.75) is 51.7 Å². The van der Waals surface area contributed by atoms with Crippen LogP contribution in [0.5, 0.6) is 0 Å². The maximum absolute atomic E-state index is 11.3. The first kappa shape index (κ1) is 14.4. The zero-order chi connectivity index (χ0) is 11.7. The summed E-state index contributed by atoms with van der Waals surface area (Å²) >= 11 is 0. The van der Waals surface area contributed by atoms with Crippen LogP contribution < -0.4 is 5.32 Å². The van der Waals surface area contributed by atoms with Crippen LogP contribution in [0.2, 0.25) is 0 Å². The normalized spacial score (nSPS) is 14.7. The lowest BCUT2D eigenvalue weighted by atomic mass is 10.2. The Bertz CT molecular complexity index is 173. The van der Waals surface area contributed by atoms with Crippen LogP contribution in [0.4, 0.5) is 0 Å². The number of hydrogen-bond acceptors (Lipinski definition) is 3. The first-order valence-corrected chi connectivity index (χ1v) is 5.57. The molecule has 0 aliphatic carbocycles. The molecule has 1 amide bonds. The molecule has 0 radical (unpaired) electrons. The molecule has 15 heavy (non-hydrogen) atoms. The Hall–Kier alpha value is -0.610. The molecule has 2 N–H and O–H groups in total. The molecule has 0 heterocycles. The van der Waals surface area contributed by atoms with Crippen molar-refractivity contribution in [3.63, 3.8) is 0 Å². The van der Waals surface area contributed by atoms with E-state index in [4.69, 9.17) is 4.74 Å². The number of aliphatic hydroxyl groups is 1. The Kier molecular flexibility index (Phi) is 8.33. The van der Waals surface area contributed by atoms with Crippen molar-refractivity contribution in [2.24, 2.45) is 0 Å². The monoisotopic (exact) mass is 217 g/mol. The fraction of sp³-hybridized carbons (Fsp3) is 0.909. The quantitative estimate of drug-likeness (QED) is 0.639. The summed E-state index contributed by atoms with van der Waals surface area (Å²) in [6.45, 7) is 4.29. The highest BCUT2D eigenvalue weighted by atomic mass is 16.5. The third-order valence-electron chi connectivity index (χ3n) is 2.34. The summed E-state index contributed by atoms with van der Waals surface area (Å²) in [6.07, 6.45) is 2.52. The summed E-state index contributed by atoms with van der Waals surface area (Å²) in [5.74, 6) is -0.0194. The zero-order valence-corrected chi connectivity index (χ0v) is 9.95. The fourth-order valence-electron chi connectivity index (χ4n) is 1.21. The topological polar surface area (TPSA) is 58.6 Å². The minimum Gasteiger partial charge on any atom is -0.391 e. The van der Waals surface area contributed by atoms with Gasteiger partial charge in [0.2, 0.25) is 5.91 Å². The summed E-state index contributed by atoms with van der Waals surface area (Å²) in [5, 5.41) is 12.1. The van der Waals surface area contributed by atoms with E-state index in [1.54, 1.807) is 7.11 Å². The summed E-state index contributed by atoms with van der Waals surface area (Å²) < 4.78 is 5.04. The van der Waals surface area contributed by atoms with E-state index < -0.39 is 6.10 Å². The van der Waals surface area contributed by atoms with Crippen molar-refractivity contribution in [3.8, 4) is 0 Å². The van der Waals surface area contributed by atoms with Gasteiger partial charge in [-0.15, -0.1) is 0 Å². The molecule has 0 aliphatic rings. The standard InChI is InChI=1S/C11H23NO3/c1-4-5-10(13)8-12-11(14)7-6-9(2)15-3/h9-10,13H,4-8H2,1-3H3,(H,12,14). The molecule has 0 saturated carbocycles. The van der Waals surface area contributed by atoms with Crippen LogP contribution in [-0.2, 0) is 9.53 Å². The molecule has 4 heteroatoms. The molecule has 0 aromatic carbocycles. The van der Waals surface area contributed by atoms with Crippen molar-refractivity contribution in [3.05, 3.63) is 0 Å². The average molecular weight is 217 g/mol. The van der Waals surface area contributed by atoms with Gasteiger partial charge in [0.05, 0.1) is 12.2 Å². The molecule has 2 atom stereocenters. The number of hydrogen-bond donors (Lipinski definition) is 2. The molecular weight excluding hydrogens is 194 g/mol. The number of methoxy groups -OCH3 is 1. The molecule has 0 aromatic heterocycles. The van der Waals surface area contributed by atoms with Crippen molar-refractivity contribution >= 4 is 5.91 Å². The largest absolute Gasteiger partial charge is 0.391 e. The predicted octanol–water partition coefficient (Wildman–Crippen LogP) is 1.08. The van der Waals surface area contributed by atoms with Crippen molar-refractivity contribution < 1.29 is 14.6 Å². The molecule has 0 spiro atoms. The van der Waals surface area contributed by atoms with Crippen LogP contribution >= 0.6 is 0 Å². The highest BCUT2D eigenvalue weighted by Gasteiger charge is 2.07. The summed E-state index contributed by atoms with van der Waals surface area (Å²) in [4.78, 5) is 11.3. The van der Waals surface area contributed by atoms with E-state index in [-0.39, 0.29) is 12.0 Å². The lowest BCUT2D eigenvalue weighted by molar-refractivity contribution is -0.122. The third kappa shape index (κ3) is 8.39. The highest BCUT2D eigenvalue weighted by molar-refractivity contribution is 5.75. The van der Waals surface area contributed by atoms with Gasteiger partial charge < -0.3 is 15.2 Å². The molecule has 0 saturated heterocycles. The van der Waals surface area contributed by atoms with E-state index in [9.17, 15) is 9.90 Å². The molecule has 90 valence electrons. The van der Waals surface area contributed by atoms with Crippen LogP contribution in [0.25, 0.3) is 0 Å². The Balaban J connectivity index is 3.48. The minimum atomic E-state index is -0.418. The van der Waals surface area contributed by atoms with Gasteiger partial charge in [-0.3, -0.25) is 4.79 Å². The van der Waals surface area contributed by atoms with Gasteiger partial charge in [0.25, 0.3) is 0 Å². The maximum Gasteiger partial charge on any atom is 0.220 e. The number of ether oxygens (including phenoxy) is 1. The first-order chi connectivity index (χ1) is 7.10. The molecule has 2 unspecified atom stereocenters. The van der Waals surface area contributed by atoms with Gasteiger partial charge in [-0.05, 0) is 19.8 Å². The van der Waals surface area contributed by atoms with Crippen LogP contribution in [0.1, 0.15) is 39.5 Å². The Morgan fingerprint density at radius 3 is 2.67 bits per heavy atom. The molecule has 0 aliphatic heterocycles.